The maximum absolute atomic E-state index is 6.06. The van der Waals surface area contributed by atoms with Gasteiger partial charge in [0.1, 0.15) is 11.4 Å². The van der Waals surface area contributed by atoms with Crippen LogP contribution in [0.15, 0.2) is 48.7 Å². The van der Waals surface area contributed by atoms with Crippen molar-refractivity contribution < 1.29 is 4.74 Å². The summed E-state index contributed by atoms with van der Waals surface area (Å²) in [6.07, 6.45) is 1.78. The van der Waals surface area contributed by atoms with Crippen LogP contribution in [0.2, 0.25) is 0 Å². The molecule has 0 saturated heterocycles. The molecule has 2 N–H and O–H groups in total. The second-order valence-electron chi connectivity index (χ2n) is 5.19. The average Bonchev–Trinajstić information content (AvgIpc) is 2.39. The quantitative estimate of drug-likeness (QED) is 0.911. The Hall–Kier alpha value is -1.87. The third-order valence-corrected chi connectivity index (χ3v) is 3.04. The molecule has 0 bridgehead atoms. The summed E-state index contributed by atoms with van der Waals surface area (Å²) in [4.78, 5) is 4.35. The van der Waals surface area contributed by atoms with E-state index in [1.54, 1.807) is 6.20 Å². The van der Waals surface area contributed by atoms with Crippen molar-refractivity contribution >= 4 is 0 Å². The summed E-state index contributed by atoms with van der Waals surface area (Å²) in [5, 5.41) is 0. The van der Waals surface area contributed by atoms with E-state index in [0.717, 1.165) is 17.0 Å². The van der Waals surface area contributed by atoms with Crippen LogP contribution in [-0.2, 0) is 5.60 Å². The lowest BCUT2D eigenvalue weighted by Crippen LogP contribution is -2.26. The topological polar surface area (TPSA) is 48.1 Å². The first-order chi connectivity index (χ1) is 8.99. The number of nitrogens with zero attached hydrogens (tertiary/aromatic N) is 1. The molecular formula is C16H20N2O. The molecule has 19 heavy (non-hydrogen) atoms. The van der Waals surface area contributed by atoms with E-state index < -0.39 is 5.60 Å². The summed E-state index contributed by atoms with van der Waals surface area (Å²) in [6, 6.07) is 13.7. The highest BCUT2D eigenvalue weighted by molar-refractivity contribution is 5.31. The molecule has 0 radical (unpaired) electrons. The molecule has 1 heterocycles. The van der Waals surface area contributed by atoms with Crippen molar-refractivity contribution in [3.05, 3.63) is 59.9 Å². The molecule has 0 aliphatic carbocycles. The molecule has 1 aromatic carbocycles. The number of benzene rings is 1. The fourth-order valence-electron chi connectivity index (χ4n) is 1.93. The molecule has 1 unspecified atom stereocenters. The smallest absolute Gasteiger partial charge is 0.145 e. The van der Waals surface area contributed by atoms with E-state index >= 15 is 0 Å². The van der Waals surface area contributed by atoms with E-state index in [1.165, 1.54) is 0 Å². The summed E-state index contributed by atoms with van der Waals surface area (Å²) in [5.74, 6) is 0.811. The van der Waals surface area contributed by atoms with Gasteiger partial charge in [0.2, 0.25) is 0 Å². The third-order valence-electron chi connectivity index (χ3n) is 3.04. The number of hydrogen-bond acceptors (Lipinski definition) is 3. The molecule has 0 saturated carbocycles. The summed E-state index contributed by atoms with van der Waals surface area (Å²) in [7, 11) is 0. The molecule has 0 fully saturated rings. The molecule has 1 atom stereocenters. The van der Waals surface area contributed by atoms with E-state index in [4.69, 9.17) is 10.5 Å². The van der Waals surface area contributed by atoms with E-state index in [-0.39, 0.29) is 6.04 Å². The second-order valence-corrected chi connectivity index (χ2v) is 5.19. The van der Waals surface area contributed by atoms with Gasteiger partial charge in [0.25, 0.3) is 0 Å². The van der Waals surface area contributed by atoms with Gasteiger partial charge in [-0.1, -0.05) is 18.2 Å². The van der Waals surface area contributed by atoms with E-state index in [1.807, 2.05) is 63.2 Å². The molecule has 0 aliphatic rings. The minimum atomic E-state index is -0.474. The van der Waals surface area contributed by atoms with Crippen LogP contribution in [0.4, 0.5) is 0 Å². The van der Waals surface area contributed by atoms with Gasteiger partial charge in [-0.25, -0.2) is 0 Å². The molecular weight excluding hydrogens is 236 g/mol. The zero-order valence-corrected chi connectivity index (χ0v) is 11.6. The van der Waals surface area contributed by atoms with Crippen molar-refractivity contribution in [2.75, 3.05) is 0 Å². The maximum Gasteiger partial charge on any atom is 0.145 e. The number of ether oxygens (including phenoxy) is 1. The number of nitrogens with two attached hydrogens (primary N) is 1. The van der Waals surface area contributed by atoms with Gasteiger partial charge in [-0.15, -0.1) is 0 Å². The fourth-order valence-corrected chi connectivity index (χ4v) is 1.93. The van der Waals surface area contributed by atoms with E-state index in [0.29, 0.717) is 0 Å². The maximum atomic E-state index is 6.06. The molecule has 1 aromatic heterocycles. The molecule has 3 heteroatoms. The van der Waals surface area contributed by atoms with Crippen molar-refractivity contribution in [3.63, 3.8) is 0 Å². The first-order valence-electron chi connectivity index (χ1n) is 6.45. The highest BCUT2D eigenvalue weighted by atomic mass is 16.5. The van der Waals surface area contributed by atoms with Gasteiger partial charge in [0, 0.05) is 12.2 Å². The van der Waals surface area contributed by atoms with Crippen molar-refractivity contribution in [1.29, 1.82) is 0 Å². The average molecular weight is 256 g/mol. The molecule has 3 nitrogen and oxygen atoms in total. The summed E-state index contributed by atoms with van der Waals surface area (Å²) in [6.45, 7) is 5.98. The van der Waals surface area contributed by atoms with Crippen LogP contribution in [0.3, 0.4) is 0 Å². The SMILES string of the molecule is CC(N)c1cccc(OC(C)(C)c2ccccn2)c1. The Morgan fingerprint density at radius 2 is 1.95 bits per heavy atom. The Bertz CT molecular complexity index is 535. The predicted molar refractivity (Wildman–Crippen MR) is 76.9 cm³/mol. The standard InChI is InChI=1S/C16H20N2O/c1-12(17)13-7-6-8-14(11-13)19-16(2,3)15-9-4-5-10-18-15/h4-12H,17H2,1-3H3. The highest BCUT2D eigenvalue weighted by Gasteiger charge is 2.24. The Labute approximate surface area is 114 Å². The van der Waals surface area contributed by atoms with Crippen LogP contribution in [-0.4, -0.2) is 4.98 Å². The molecule has 0 aliphatic heterocycles. The molecule has 2 rings (SSSR count). The third kappa shape index (κ3) is 3.32. The lowest BCUT2D eigenvalue weighted by atomic mass is 10.0. The van der Waals surface area contributed by atoms with Crippen molar-refractivity contribution in [3.8, 4) is 5.75 Å². The summed E-state index contributed by atoms with van der Waals surface area (Å²) >= 11 is 0. The van der Waals surface area contributed by atoms with Gasteiger partial charge in [0.05, 0.1) is 5.69 Å². The first kappa shape index (κ1) is 13.6. The van der Waals surface area contributed by atoms with Crippen LogP contribution in [0.5, 0.6) is 5.75 Å². The van der Waals surface area contributed by atoms with Crippen molar-refractivity contribution in [2.24, 2.45) is 5.73 Å². The van der Waals surface area contributed by atoms with Crippen LogP contribution in [0.25, 0.3) is 0 Å². The van der Waals surface area contributed by atoms with Gasteiger partial charge in [-0.05, 0) is 50.6 Å². The van der Waals surface area contributed by atoms with Crippen LogP contribution >= 0.6 is 0 Å². The van der Waals surface area contributed by atoms with Crippen molar-refractivity contribution in [1.82, 2.24) is 4.98 Å². The Kier molecular flexibility index (Phi) is 3.86. The lowest BCUT2D eigenvalue weighted by molar-refractivity contribution is 0.104. The fraction of sp³-hybridized carbons (Fsp3) is 0.312. The van der Waals surface area contributed by atoms with Gasteiger partial charge >= 0.3 is 0 Å². The summed E-state index contributed by atoms with van der Waals surface area (Å²) in [5.41, 5.74) is 7.38. The van der Waals surface area contributed by atoms with Gasteiger partial charge in [-0.3, -0.25) is 4.98 Å². The van der Waals surface area contributed by atoms with E-state index in [9.17, 15) is 0 Å². The Morgan fingerprint density at radius 3 is 2.58 bits per heavy atom. The Balaban J connectivity index is 2.23. The molecule has 0 spiro atoms. The zero-order chi connectivity index (χ0) is 13.9. The number of rotatable bonds is 4. The second kappa shape index (κ2) is 5.41. The normalized spacial score (nSPS) is 13.1. The minimum Gasteiger partial charge on any atom is -0.482 e. The number of hydrogen-bond donors (Lipinski definition) is 1. The van der Waals surface area contributed by atoms with Crippen LogP contribution in [0, 0.1) is 0 Å². The predicted octanol–water partition coefficient (Wildman–Crippen LogP) is 3.42. The molecule has 100 valence electrons. The monoisotopic (exact) mass is 256 g/mol. The number of pyridine rings is 1. The van der Waals surface area contributed by atoms with Gasteiger partial charge < -0.3 is 10.5 Å². The Morgan fingerprint density at radius 1 is 1.16 bits per heavy atom. The molecule has 0 amide bonds. The van der Waals surface area contributed by atoms with E-state index in [2.05, 4.69) is 4.98 Å². The highest BCUT2D eigenvalue weighted by Crippen LogP contribution is 2.27. The zero-order valence-electron chi connectivity index (χ0n) is 11.6. The van der Waals surface area contributed by atoms with Gasteiger partial charge in [0.15, 0.2) is 0 Å². The first-order valence-corrected chi connectivity index (χ1v) is 6.45. The van der Waals surface area contributed by atoms with Crippen LogP contribution < -0.4 is 10.5 Å². The van der Waals surface area contributed by atoms with Gasteiger partial charge in [-0.2, -0.15) is 0 Å². The minimum absolute atomic E-state index is 0.00140. The summed E-state index contributed by atoms with van der Waals surface area (Å²) < 4.78 is 6.06. The van der Waals surface area contributed by atoms with Crippen molar-refractivity contribution in [2.45, 2.75) is 32.4 Å². The largest absolute Gasteiger partial charge is 0.482 e. The molecule has 2 aromatic rings. The number of aromatic nitrogens is 1. The van der Waals surface area contributed by atoms with Crippen LogP contribution in [0.1, 0.15) is 38.1 Å². The lowest BCUT2D eigenvalue weighted by Gasteiger charge is -2.26.